The van der Waals surface area contributed by atoms with E-state index in [2.05, 4.69) is 15.0 Å². The number of halogens is 2. The van der Waals surface area contributed by atoms with Crippen LogP contribution in [-0.4, -0.2) is 51.7 Å². The SMILES string of the molecule is CCNC(=NCCNS(=O)(=O)CC)N(C)Cc1cccc(F)c1.I. The number of hydrogen-bond acceptors (Lipinski definition) is 3. The minimum absolute atomic E-state index is 0. The van der Waals surface area contributed by atoms with Crippen LogP contribution < -0.4 is 10.0 Å². The predicted molar refractivity (Wildman–Crippen MR) is 107 cm³/mol. The minimum Gasteiger partial charge on any atom is -0.357 e. The van der Waals surface area contributed by atoms with Crippen LogP contribution in [-0.2, 0) is 16.6 Å². The van der Waals surface area contributed by atoms with Crippen LogP contribution >= 0.6 is 24.0 Å². The molecule has 0 unspecified atom stereocenters. The molecule has 1 aromatic rings. The van der Waals surface area contributed by atoms with Gasteiger partial charge in [0, 0.05) is 26.7 Å². The Balaban J connectivity index is 0.00000529. The van der Waals surface area contributed by atoms with Crippen molar-refractivity contribution in [2.24, 2.45) is 4.99 Å². The molecule has 0 amide bonds. The van der Waals surface area contributed by atoms with Crippen molar-refractivity contribution in [3.8, 4) is 0 Å². The maximum absolute atomic E-state index is 13.2. The normalized spacial score (nSPS) is 11.8. The molecule has 2 N–H and O–H groups in total. The van der Waals surface area contributed by atoms with Crippen molar-refractivity contribution in [2.75, 3.05) is 32.4 Å². The fraction of sp³-hybridized carbons (Fsp3) is 0.533. The van der Waals surface area contributed by atoms with Crippen molar-refractivity contribution in [1.29, 1.82) is 0 Å². The maximum Gasteiger partial charge on any atom is 0.211 e. The van der Waals surface area contributed by atoms with Crippen molar-refractivity contribution >= 4 is 40.0 Å². The number of nitrogens with one attached hydrogen (secondary N) is 2. The summed E-state index contributed by atoms with van der Waals surface area (Å²) in [4.78, 5) is 6.25. The molecule has 1 rings (SSSR count). The van der Waals surface area contributed by atoms with Gasteiger partial charge >= 0.3 is 0 Å². The van der Waals surface area contributed by atoms with E-state index in [0.29, 0.717) is 25.6 Å². The number of hydrogen-bond donors (Lipinski definition) is 2. The molecule has 0 aromatic heterocycles. The first-order valence-corrected chi connectivity index (χ1v) is 9.24. The van der Waals surface area contributed by atoms with Gasteiger partial charge in [0.05, 0.1) is 12.3 Å². The summed E-state index contributed by atoms with van der Waals surface area (Å²) in [5, 5.41) is 3.13. The second kappa shape index (κ2) is 11.6. The lowest BCUT2D eigenvalue weighted by molar-refractivity contribution is 0.475. The number of aliphatic imine (C=N–C) groups is 1. The molecular formula is C15H26FIN4O2S. The summed E-state index contributed by atoms with van der Waals surface area (Å²) < 4.78 is 38.4. The Hall–Kier alpha value is -0.940. The number of sulfonamides is 1. The minimum atomic E-state index is -3.20. The van der Waals surface area contributed by atoms with Crippen molar-refractivity contribution in [1.82, 2.24) is 14.9 Å². The van der Waals surface area contributed by atoms with Gasteiger partial charge < -0.3 is 10.2 Å². The lowest BCUT2D eigenvalue weighted by atomic mass is 10.2. The molecule has 24 heavy (non-hydrogen) atoms. The van der Waals surface area contributed by atoms with Crippen molar-refractivity contribution in [3.63, 3.8) is 0 Å². The number of rotatable bonds is 8. The Bertz CT molecular complexity index is 626. The molecule has 0 radical (unpaired) electrons. The van der Waals surface area contributed by atoms with Gasteiger partial charge in [-0.2, -0.15) is 0 Å². The van der Waals surface area contributed by atoms with Gasteiger partial charge in [-0.3, -0.25) is 4.99 Å². The topological polar surface area (TPSA) is 73.8 Å². The molecule has 0 heterocycles. The lowest BCUT2D eigenvalue weighted by Crippen LogP contribution is -2.39. The highest BCUT2D eigenvalue weighted by molar-refractivity contribution is 14.0. The fourth-order valence-corrected chi connectivity index (χ4v) is 2.53. The number of guanidine groups is 1. The summed E-state index contributed by atoms with van der Waals surface area (Å²) in [6.45, 7) is 5.30. The second-order valence-corrected chi connectivity index (χ2v) is 7.11. The molecule has 0 aliphatic carbocycles. The maximum atomic E-state index is 13.2. The third-order valence-electron chi connectivity index (χ3n) is 3.08. The summed E-state index contributed by atoms with van der Waals surface area (Å²) >= 11 is 0. The van der Waals surface area contributed by atoms with Crippen molar-refractivity contribution in [3.05, 3.63) is 35.6 Å². The van der Waals surface area contributed by atoms with Gasteiger partial charge in [-0.1, -0.05) is 12.1 Å². The first kappa shape index (κ1) is 23.1. The molecule has 6 nitrogen and oxygen atoms in total. The van der Waals surface area contributed by atoms with E-state index >= 15 is 0 Å². The van der Waals surface area contributed by atoms with Crippen molar-refractivity contribution < 1.29 is 12.8 Å². The molecule has 0 saturated heterocycles. The van der Waals surface area contributed by atoms with Crippen LogP contribution in [0, 0.1) is 5.82 Å². The molecule has 0 fully saturated rings. The lowest BCUT2D eigenvalue weighted by Gasteiger charge is -2.22. The van der Waals surface area contributed by atoms with E-state index in [1.54, 1.807) is 13.0 Å². The monoisotopic (exact) mass is 472 g/mol. The van der Waals surface area contributed by atoms with Gasteiger partial charge in [0.15, 0.2) is 5.96 Å². The van der Waals surface area contributed by atoms with Crippen LogP contribution in [0.25, 0.3) is 0 Å². The average molecular weight is 472 g/mol. The molecule has 0 aliphatic rings. The van der Waals surface area contributed by atoms with E-state index in [9.17, 15) is 12.8 Å². The molecule has 0 aliphatic heterocycles. The largest absolute Gasteiger partial charge is 0.357 e. The van der Waals surface area contributed by atoms with E-state index < -0.39 is 10.0 Å². The highest BCUT2D eigenvalue weighted by Crippen LogP contribution is 2.06. The summed E-state index contributed by atoms with van der Waals surface area (Å²) in [7, 11) is -1.35. The van der Waals surface area contributed by atoms with Gasteiger partial charge in [0.1, 0.15) is 5.82 Å². The predicted octanol–water partition coefficient (Wildman–Crippen LogP) is 1.78. The van der Waals surface area contributed by atoms with E-state index in [0.717, 1.165) is 5.56 Å². The Labute approximate surface area is 161 Å². The van der Waals surface area contributed by atoms with Gasteiger partial charge in [0.2, 0.25) is 10.0 Å². The van der Waals surface area contributed by atoms with E-state index in [4.69, 9.17) is 0 Å². The van der Waals surface area contributed by atoms with Gasteiger partial charge in [-0.15, -0.1) is 24.0 Å². The Morgan fingerprint density at radius 2 is 2.04 bits per heavy atom. The Morgan fingerprint density at radius 1 is 1.33 bits per heavy atom. The molecule has 0 saturated carbocycles. The first-order valence-electron chi connectivity index (χ1n) is 7.59. The smallest absolute Gasteiger partial charge is 0.211 e. The highest BCUT2D eigenvalue weighted by atomic mass is 127. The summed E-state index contributed by atoms with van der Waals surface area (Å²) in [5.74, 6) is 0.426. The summed E-state index contributed by atoms with van der Waals surface area (Å²) in [6, 6.07) is 6.40. The Kier molecular flexibility index (Phi) is 11.1. The highest BCUT2D eigenvalue weighted by Gasteiger charge is 2.08. The third kappa shape index (κ3) is 8.78. The van der Waals surface area contributed by atoms with Crippen LogP contribution in [0.2, 0.25) is 0 Å². The molecular weight excluding hydrogens is 446 g/mol. The van der Waals surface area contributed by atoms with Crippen LogP contribution in [0.15, 0.2) is 29.3 Å². The molecule has 0 atom stereocenters. The molecule has 0 spiro atoms. The molecule has 9 heteroatoms. The number of nitrogens with zero attached hydrogens (tertiary/aromatic N) is 2. The molecule has 138 valence electrons. The van der Waals surface area contributed by atoms with Gasteiger partial charge in [-0.25, -0.2) is 17.5 Å². The Morgan fingerprint density at radius 3 is 2.62 bits per heavy atom. The zero-order chi connectivity index (χ0) is 17.3. The zero-order valence-electron chi connectivity index (χ0n) is 14.3. The number of benzene rings is 1. The van der Waals surface area contributed by atoms with Crippen molar-refractivity contribution in [2.45, 2.75) is 20.4 Å². The average Bonchev–Trinajstić information content (AvgIpc) is 2.50. The zero-order valence-corrected chi connectivity index (χ0v) is 17.4. The van der Waals surface area contributed by atoms with Crippen LogP contribution in [0.1, 0.15) is 19.4 Å². The third-order valence-corrected chi connectivity index (χ3v) is 4.48. The summed E-state index contributed by atoms with van der Waals surface area (Å²) in [5.41, 5.74) is 0.838. The summed E-state index contributed by atoms with van der Waals surface area (Å²) in [6.07, 6.45) is 0. The second-order valence-electron chi connectivity index (χ2n) is 5.02. The van der Waals surface area contributed by atoms with Gasteiger partial charge in [-0.05, 0) is 31.5 Å². The quantitative estimate of drug-likeness (QED) is 0.262. The van der Waals surface area contributed by atoms with E-state index in [1.165, 1.54) is 12.1 Å². The fourth-order valence-electron chi connectivity index (χ4n) is 1.92. The molecule has 0 bridgehead atoms. The van der Waals surface area contributed by atoms with Crippen LogP contribution in [0.3, 0.4) is 0 Å². The van der Waals surface area contributed by atoms with E-state index in [-0.39, 0.29) is 42.1 Å². The van der Waals surface area contributed by atoms with Gasteiger partial charge in [0.25, 0.3) is 0 Å². The first-order chi connectivity index (χ1) is 10.9. The van der Waals surface area contributed by atoms with Crippen LogP contribution in [0.5, 0.6) is 0 Å². The molecule has 1 aromatic carbocycles. The van der Waals surface area contributed by atoms with Crippen LogP contribution in [0.4, 0.5) is 4.39 Å². The standard InChI is InChI=1S/C15H25FN4O2S.HI/c1-4-17-15(18-9-10-19-23(21,22)5-2)20(3)12-13-7-6-8-14(16)11-13;/h6-8,11,19H,4-5,9-10,12H2,1-3H3,(H,17,18);1H. The van der Waals surface area contributed by atoms with E-state index in [1.807, 2.05) is 24.9 Å².